The molecule has 2 N–H and O–H groups in total. The van der Waals surface area contributed by atoms with Gasteiger partial charge in [0, 0.05) is 16.8 Å². The van der Waals surface area contributed by atoms with Gasteiger partial charge in [0.25, 0.3) is 0 Å². The number of hydrogen-bond donors (Lipinski definition) is 1. The summed E-state index contributed by atoms with van der Waals surface area (Å²) in [5.41, 5.74) is 11.6. The van der Waals surface area contributed by atoms with E-state index in [0.717, 1.165) is 28.7 Å². The van der Waals surface area contributed by atoms with Gasteiger partial charge in [0.15, 0.2) is 0 Å². The van der Waals surface area contributed by atoms with Crippen LogP contribution >= 0.6 is 0 Å². The normalized spacial score (nSPS) is 11.4. The summed E-state index contributed by atoms with van der Waals surface area (Å²) in [6.07, 6.45) is 0.980. The molecule has 0 radical (unpaired) electrons. The monoisotopic (exact) mass is 228 g/mol. The molecule has 90 valence electrons. The number of nitrogens with two attached hydrogens (primary N) is 1. The van der Waals surface area contributed by atoms with Crippen LogP contribution in [0.15, 0.2) is 18.2 Å². The second-order valence-electron chi connectivity index (χ2n) is 5.22. The van der Waals surface area contributed by atoms with Crippen LogP contribution in [0, 0.1) is 19.8 Å². The molecule has 0 atom stereocenters. The third-order valence-corrected chi connectivity index (χ3v) is 3.07. The maximum atomic E-state index is 6.16. The maximum absolute atomic E-state index is 6.16. The molecule has 0 fully saturated rings. The predicted molar refractivity (Wildman–Crippen MR) is 74.2 cm³/mol. The van der Waals surface area contributed by atoms with Crippen molar-refractivity contribution < 1.29 is 0 Å². The van der Waals surface area contributed by atoms with Gasteiger partial charge in [-0.1, -0.05) is 26.0 Å². The van der Waals surface area contributed by atoms with Gasteiger partial charge in [-0.15, -0.1) is 0 Å². The molecule has 0 bridgehead atoms. The fourth-order valence-corrected chi connectivity index (χ4v) is 2.26. The average molecular weight is 228 g/mol. The predicted octanol–water partition coefficient (Wildman–Crippen LogP) is 3.63. The number of benzene rings is 1. The van der Waals surface area contributed by atoms with E-state index in [0.29, 0.717) is 5.92 Å². The minimum absolute atomic E-state index is 0.601. The van der Waals surface area contributed by atoms with Gasteiger partial charge in [0.05, 0.1) is 5.52 Å². The summed E-state index contributed by atoms with van der Waals surface area (Å²) in [6.45, 7) is 8.58. The first kappa shape index (κ1) is 11.9. The lowest BCUT2D eigenvalue weighted by Crippen LogP contribution is -2.01. The molecule has 1 aromatic heterocycles. The highest BCUT2D eigenvalue weighted by atomic mass is 14.7. The Balaban J connectivity index is 2.68. The number of fused-ring (bicyclic) bond motifs is 1. The standard InChI is InChI=1S/C15H20N2/c1-9(2)7-12-8-13(16)14-10(3)5-6-11(4)15(14)17-12/h5-6,8-9H,7H2,1-4H3,(H2,16,17). The minimum atomic E-state index is 0.601. The van der Waals surface area contributed by atoms with Crippen LogP contribution in [0.4, 0.5) is 5.69 Å². The van der Waals surface area contributed by atoms with Gasteiger partial charge in [0.1, 0.15) is 0 Å². The number of anilines is 1. The lowest BCUT2D eigenvalue weighted by Gasteiger charge is -2.11. The minimum Gasteiger partial charge on any atom is -0.398 e. The highest BCUT2D eigenvalue weighted by Gasteiger charge is 2.09. The molecular weight excluding hydrogens is 208 g/mol. The van der Waals surface area contributed by atoms with Crippen molar-refractivity contribution in [3.05, 3.63) is 35.0 Å². The van der Waals surface area contributed by atoms with Crippen LogP contribution in [-0.2, 0) is 6.42 Å². The van der Waals surface area contributed by atoms with Gasteiger partial charge < -0.3 is 5.73 Å². The summed E-state index contributed by atoms with van der Waals surface area (Å²) >= 11 is 0. The summed E-state index contributed by atoms with van der Waals surface area (Å²) in [4.78, 5) is 4.76. The zero-order chi connectivity index (χ0) is 12.6. The van der Waals surface area contributed by atoms with Crippen LogP contribution in [0.1, 0.15) is 30.7 Å². The summed E-state index contributed by atoms with van der Waals surface area (Å²) < 4.78 is 0. The Morgan fingerprint density at radius 3 is 2.47 bits per heavy atom. The van der Waals surface area contributed by atoms with E-state index < -0.39 is 0 Å². The molecule has 0 unspecified atom stereocenters. The number of nitrogens with zero attached hydrogens (tertiary/aromatic N) is 1. The SMILES string of the molecule is Cc1ccc(C)c2c(N)cc(CC(C)C)nc12. The van der Waals surface area contributed by atoms with Crippen molar-refractivity contribution in [2.45, 2.75) is 34.1 Å². The average Bonchev–Trinajstić information content (AvgIpc) is 2.22. The first-order valence-electron chi connectivity index (χ1n) is 6.14. The molecule has 2 aromatic rings. The van der Waals surface area contributed by atoms with Crippen molar-refractivity contribution in [2.75, 3.05) is 5.73 Å². The number of aromatic nitrogens is 1. The van der Waals surface area contributed by atoms with Crippen molar-refractivity contribution in [2.24, 2.45) is 5.92 Å². The number of rotatable bonds is 2. The number of pyridine rings is 1. The van der Waals surface area contributed by atoms with E-state index >= 15 is 0 Å². The first-order chi connectivity index (χ1) is 7.99. The molecule has 0 aliphatic carbocycles. The van der Waals surface area contributed by atoms with Crippen molar-refractivity contribution in [3.63, 3.8) is 0 Å². The molecule has 1 heterocycles. The molecule has 2 nitrogen and oxygen atoms in total. The van der Waals surface area contributed by atoms with Gasteiger partial charge in [0.2, 0.25) is 0 Å². The summed E-state index contributed by atoms with van der Waals surface area (Å²) in [5, 5.41) is 1.11. The van der Waals surface area contributed by atoms with E-state index in [1.807, 2.05) is 6.07 Å². The second-order valence-corrected chi connectivity index (χ2v) is 5.22. The van der Waals surface area contributed by atoms with E-state index in [1.54, 1.807) is 0 Å². The van der Waals surface area contributed by atoms with Gasteiger partial charge in [-0.25, -0.2) is 0 Å². The molecule has 0 spiro atoms. The number of aryl methyl sites for hydroxylation is 2. The van der Waals surface area contributed by atoms with E-state index in [4.69, 9.17) is 10.7 Å². The molecule has 2 heteroatoms. The van der Waals surface area contributed by atoms with E-state index in [-0.39, 0.29) is 0 Å². The van der Waals surface area contributed by atoms with Gasteiger partial charge >= 0.3 is 0 Å². The Morgan fingerprint density at radius 2 is 1.82 bits per heavy atom. The van der Waals surface area contributed by atoms with Gasteiger partial charge in [-0.05, 0) is 43.4 Å². The van der Waals surface area contributed by atoms with Crippen molar-refractivity contribution in [3.8, 4) is 0 Å². The second kappa shape index (κ2) is 4.36. The Hall–Kier alpha value is -1.57. The third-order valence-electron chi connectivity index (χ3n) is 3.07. The lowest BCUT2D eigenvalue weighted by molar-refractivity contribution is 0.637. The molecule has 1 aromatic carbocycles. The Bertz CT molecular complexity index is 556. The fraction of sp³-hybridized carbons (Fsp3) is 0.400. The first-order valence-corrected chi connectivity index (χ1v) is 6.14. The molecule has 0 amide bonds. The summed E-state index contributed by atoms with van der Waals surface area (Å²) in [5.74, 6) is 0.601. The molecule has 2 rings (SSSR count). The third kappa shape index (κ3) is 2.26. The molecule has 0 saturated heterocycles. The van der Waals surface area contributed by atoms with Crippen LogP contribution in [0.3, 0.4) is 0 Å². The van der Waals surface area contributed by atoms with E-state index in [9.17, 15) is 0 Å². The van der Waals surface area contributed by atoms with E-state index in [2.05, 4.69) is 39.8 Å². The van der Waals surface area contributed by atoms with Crippen LogP contribution in [-0.4, -0.2) is 4.98 Å². The topological polar surface area (TPSA) is 38.9 Å². The van der Waals surface area contributed by atoms with Gasteiger partial charge in [-0.3, -0.25) is 4.98 Å². The van der Waals surface area contributed by atoms with Gasteiger partial charge in [-0.2, -0.15) is 0 Å². The zero-order valence-electron chi connectivity index (χ0n) is 11.0. The Morgan fingerprint density at radius 1 is 1.18 bits per heavy atom. The van der Waals surface area contributed by atoms with Crippen LogP contribution in [0.5, 0.6) is 0 Å². The molecular formula is C15H20N2. The van der Waals surface area contributed by atoms with Crippen molar-refractivity contribution in [1.29, 1.82) is 0 Å². The number of hydrogen-bond acceptors (Lipinski definition) is 2. The van der Waals surface area contributed by atoms with Crippen molar-refractivity contribution >= 4 is 16.6 Å². The van der Waals surface area contributed by atoms with Crippen LogP contribution in [0.25, 0.3) is 10.9 Å². The summed E-state index contributed by atoms with van der Waals surface area (Å²) in [7, 11) is 0. The molecule has 0 saturated carbocycles. The smallest absolute Gasteiger partial charge is 0.0757 e. The molecule has 0 aliphatic rings. The fourth-order valence-electron chi connectivity index (χ4n) is 2.26. The molecule has 0 aliphatic heterocycles. The van der Waals surface area contributed by atoms with Crippen molar-refractivity contribution in [1.82, 2.24) is 4.98 Å². The Labute approximate surface area is 103 Å². The Kier molecular flexibility index (Phi) is 3.05. The molecule has 17 heavy (non-hydrogen) atoms. The van der Waals surface area contributed by atoms with Crippen LogP contribution < -0.4 is 5.73 Å². The lowest BCUT2D eigenvalue weighted by atomic mass is 10.0. The largest absolute Gasteiger partial charge is 0.398 e. The maximum Gasteiger partial charge on any atom is 0.0757 e. The number of nitrogen functional groups attached to an aromatic ring is 1. The highest BCUT2D eigenvalue weighted by Crippen LogP contribution is 2.27. The van der Waals surface area contributed by atoms with E-state index in [1.165, 1.54) is 11.1 Å². The summed E-state index contributed by atoms with van der Waals surface area (Å²) in [6, 6.07) is 6.25. The quantitative estimate of drug-likeness (QED) is 0.852. The van der Waals surface area contributed by atoms with Crippen LogP contribution in [0.2, 0.25) is 0 Å². The zero-order valence-corrected chi connectivity index (χ0v) is 11.0. The highest BCUT2D eigenvalue weighted by molar-refractivity contribution is 5.94.